The van der Waals surface area contributed by atoms with Gasteiger partial charge in [-0.1, -0.05) is 30.3 Å². The highest BCUT2D eigenvalue weighted by Gasteiger charge is 2.45. The molecule has 4 amide bonds. The van der Waals surface area contributed by atoms with E-state index in [1.54, 1.807) is 0 Å². The highest BCUT2D eigenvalue weighted by Crippen LogP contribution is 2.23. The number of carbonyl (C=O) groups is 3. The predicted molar refractivity (Wildman–Crippen MR) is 77.5 cm³/mol. The lowest BCUT2D eigenvalue weighted by Crippen LogP contribution is -2.49. The fourth-order valence-electron chi connectivity index (χ4n) is 2.52. The standard InChI is InChI=1S/C15H19N3O3/c1-11(19)16-9-5-8-15(13(20)17-14(21)18-15)10-12-6-3-2-4-7-12/h2-4,6-7H,5,8-10H2,1H3,(H,16,19)(H2,17,18,20,21)/t15-/m1/s1. The summed E-state index contributed by atoms with van der Waals surface area (Å²) in [5, 5.41) is 7.74. The normalized spacial score (nSPS) is 20.8. The van der Waals surface area contributed by atoms with Gasteiger partial charge in [-0.05, 0) is 18.4 Å². The third kappa shape index (κ3) is 3.81. The Balaban J connectivity index is 2.06. The van der Waals surface area contributed by atoms with Crippen molar-refractivity contribution in [3.63, 3.8) is 0 Å². The molecule has 0 spiro atoms. The molecule has 1 saturated heterocycles. The van der Waals surface area contributed by atoms with Crippen LogP contribution < -0.4 is 16.0 Å². The van der Waals surface area contributed by atoms with Gasteiger partial charge in [-0.2, -0.15) is 0 Å². The Hall–Kier alpha value is -2.37. The Morgan fingerprint density at radius 1 is 1.24 bits per heavy atom. The van der Waals surface area contributed by atoms with Crippen molar-refractivity contribution in [2.45, 2.75) is 31.7 Å². The van der Waals surface area contributed by atoms with Crippen LogP contribution in [0.25, 0.3) is 0 Å². The van der Waals surface area contributed by atoms with Gasteiger partial charge in [0.15, 0.2) is 0 Å². The average Bonchev–Trinajstić information content (AvgIpc) is 2.70. The van der Waals surface area contributed by atoms with E-state index in [4.69, 9.17) is 0 Å². The van der Waals surface area contributed by atoms with E-state index in [1.165, 1.54) is 6.92 Å². The van der Waals surface area contributed by atoms with Crippen molar-refractivity contribution < 1.29 is 14.4 Å². The minimum absolute atomic E-state index is 0.105. The summed E-state index contributed by atoms with van der Waals surface area (Å²) in [5.74, 6) is -0.411. The number of carbonyl (C=O) groups excluding carboxylic acids is 3. The van der Waals surface area contributed by atoms with Crippen molar-refractivity contribution in [1.29, 1.82) is 0 Å². The summed E-state index contributed by atoms with van der Waals surface area (Å²) in [6.07, 6.45) is 1.52. The predicted octanol–water partition coefficient (Wildman–Crippen LogP) is 0.724. The van der Waals surface area contributed by atoms with Crippen LogP contribution in [-0.2, 0) is 16.0 Å². The molecule has 1 atom stereocenters. The molecule has 1 heterocycles. The Morgan fingerprint density at radius 3 is 2.52 bits per heavy atom. The van der Waals surface area contributed by atoms with Gasteiger partial charge in [-0.15, -0.1) is 0 Å². The maximum absolute atomic E-state index is 12.2. The first-order valence-electron chi connectivity index (χ1n) is 6.94. The zero-order valence-electron chi connectivity index (χ0n) is 11.9. The van der Waals surface area contributed by atoms with Crippen LogP contribution in [0, 0.1) is 0 Å². The topological polar surface area (TPSA) is 87.3 Å². The summed E-state index contributed by atoms with van der Waals surface area (Å²) in [6, 6.07) is 9.08. The fraction of sp³-hybridized carbons (Fsp3) is 0.400. The van der Waals surface area contributed by atoms with E-state index in [1.807, 2.05) is 30.3 Å². The van der Waals surface area contributed by atoms with Crippen LogP contribution in [0.15, 0.2) is 30.3 Å². The van der Waals surface area contributed by atoms with Gasteiger partial charge in [-0.3, -0.25) is 14.9 Å². The van der Waals surface area contributed by atoms with Crippen molar-refractivity contribution in [2.24, 2.45) is 0 Å². The molecule has 3 N–H and O–H groups in total. The first-order chi connectivity index (χ1) is 10.0. The van der Waals surface area contributed by atoms with Crippen LogP contribution in [0.5, 0.6) is 0 Å². The lowest BCUT2D eigenvalue weighted by Gasteiger charge is -2.26. The van der Waals surface area contributed by atoms with Crippen LogP contribution in [0.1, 0.15) is 25.3 Å². The first-order valence-corrected chi connectivity index (χ1v) is 6.94. The summed E-state index contributed by atoms with van der Waals surface area (Å²) in [4.78, 5) is 34.5. The van der Waals surface area contributed by atoms with Crippen LogP contribution in [-0.4, -0.2) is 29.9 Å². The Bertz CT molecular complexity index is 544. The van der Waals surface area contributed by atoms with Gasteiger partial charge < -0.3 is 10.6 Å². The van der Waals surface area contributed by atoms with Gasteiger partial charge in [0, 0.05) is 19.9 Å². The average molecular weight is 289 g/mol. The number of hydrogen-bond donors (Lipinski definition) is 3. The smallest absolute Gasteiger partial charge is 0.322 e. The van der Waals surface area contributed by atoms with E-state index < -0.39 is 11.6 Å². The SMILES string of the molecule is CC(=O)NCCC[C@]1(Cc2ccccc2)NC(=O)NC1=O. The van der Waals surface area contributed by atoms with Gasteiger partial charge in [0.25, 0.3) is 5.91 Å². The number of imide groups is 1. The summed E-state index contributed by atoms with van der Waals surface area (Å²) < 4.78 is 0. The van der Waals surface area contributed by atoms with Gasteiger partial charge in [0.1, 0.15) is 5.54 Å². The van der Waals surface area contributed by atoms with Crippen molar-refractivity contribution in [3.05, 3.63) is 35.9 Å². The molecule has 6 heteroatoms. The van der Waals surface area contributed by atoms with Crippen LogP contribution in [0.4, 0.5) is 4.79 Å². The molecule has 1 aromatic rings. The second-order valence-electron chi connectivity index (χ2n) is 5.24. The summed E-state index contributed by atoms with van der Waals surface area (Å²) >= 11 is 0. The van der Waals surface area contributed by atoms with E-state index in [-0.39, 0.29) is 11.8 Å². The van der Waals surface area contributed by atoms with Crippen molar-refractivity contribution in [1.82, 2.24) is 16.0 Å². The molecular formula is C15H19N3O3. The Morgan fingerprint density at radius 2 is 1.95 bits per heavy atom. The zero-order valence-corrected chi connectivity index (χ0v) is 11.9. The third-order valence-electron chi connectivity index (χ3n) is 3.52. The Kier molecular flexibility index (Phi) is 4.57. The largest absolute Gasteiger partial charge is 0.356 e. The number of benzene rings is 1. The molecule has 21 heavy (non-hydrogen) atoms. The van der Waals surface area contributed by atoms with Crippen LogP contribution in [0.3, 0.4) is 0 Å². The molecule has 0 saturated carbocycles. The summed E-state index contributed by atoms with van der Waals surface area (Å²) in [5.41, 5.74) is 0.0473. The maximum atomic E-state index is 12.2. The van der Waals surface area contributed by atoms with Crippen LogP contribution in [0.2, 0.25) is 0 Å². The minimum atomic E-state index is -0.934. The van der Waals surface area contributed by atoms with Gasteiger partial charge in [0.2, 0.25) is 5.91 Å². The van der Waals surface area contributed by atoms with Gasteiger partial charge in [-0.25, -0.2) is 4.79 Å². The highest BCUT2D eigenvalue weighted by atomic mass is 16.2. The molecule has 1 aromatic carbocycles. The molecule has 1 aliphatic rings. The molecule has 112 valence electrons. The molecule has 0 aromatic heterocycles. The molecule has 1 aliphatic heterocycles. The van der Waals surface area contributed by atoms with E-state index in [0.717, 1.165) is 5.56 Å². The first kappa shape index (κ1) is 15.0. The van der Waals surface area contributed by atoms with Crippen molar-refractivity contribution >= 4 is 17.8 Å². The second kappa shape index (κ2) is 6.39. The van der Waals surface area contributed by atoms with E-state index in [9.17, 15) is 14.4 Å². The van der Waals surface area contributed by atoms with E-state index in [2.05, 4.69) is 16.0 Å². The van der Waals surface area contributed by atoms with E-state index in [0.29, 0.717) is 25.8 Å². The quantitative estimate of drug-likeness (QED) is 0.533. The number of amides is 4. The lowest BCUT2D eigenvalue weighted by molar-refractivity contribution is -0.124. The fourth-order valence-corrected chi connectivity index (χ4v) is 2.52. The summed E-state index contributed by atoms with van der Waals surface area (Å²) in [6.45, 7) is 1.93. The minimum Gasteiger partial charge on any atom is -0.356 e. The molecule has 0 aliphatic carbocycles. The molecule has 0 unspecified atom stereocenters. The second-order valence-corrected chi connectivity index (χ2v) is 5.24. The van der Waals surface area contributed by atoms with E-state index >= 15 is 0 Å². The number of rotatable bonds is 6. The number of nitrogens with one attached hydrogen (secondary N) is 3. The highest BCUT2D eigenvalue weighted by molar-refractivity contribution is 6.07. The van der Waals surface area contributed by atoms with Crippen LogP contribution >= 0.6 is 0 Å². The molecule has 0 bridgehead atoms. The molecule has 0 radical (unpaired) electrons. The molecule has 2 rings (SSSR count). The zero-order chi connectivity index (χ0) is 15.3. The third-order valence-corrected chi connectivity index (χ3v) is 3.52. The number of hydrogen-bond acceptors (Lipinski definition) is 3. The summed E-state index contributed by atoms with van der Waals surface area (Å²) in [7, 11) is 0. The molecule has 6 nitrogen and oxygen atoms in total. The van der Waals surface area contributed by atoms with Crippen molar-refractivity contribution in [2.75, 3.05) is 6.54 Å². The van der Waals surface area contributed by atoms with Gasteiger partial charge in [0.05, 0.1) is 0 Å². The maximum Gasteiger partial charge on any atom is 0.322 e. The monoisotopic (exact) mass is 289 g/mol. The molecular weight excluding hydrogens is 270 g/mol. The molecule has 1 fully saturated rings. The number of urea groups is 1. The van der Waals surface area contributed by atoms with Crippen molar-refractivity contribution in [3.8, 4) is 0 Å². The lowest BCUT2D eigenvalue weighted by atomic mass is 9.86. The van der Waals surface area contributed by atoms with Gasteiger partial charge >= 0.3 is 6.03 Å². The Labute approximate surface area is 123 Å².